The number of benzene rings is 8. The molecule has 0 spiro atoms. The Balaban J connectivity index is 0.000000192. The van der Waals surface area contributed by atoms with E-state index in [-0.39, 0.29) is 29.8 Å². The minimum Gasteiger partial charge on any atom is -0.489 e. The fourth-order valence-electron chi connectivity index (χ4n) is 9.38. The number of ether oxygens (including phenoxy) is 3. The van der Waals surface area contributed by atoms with E-state index in [4.69, 9.17) is 14.2 Å². The van der Waals surface area contributed by atoms with E-state index in [9.17, 15) is 41.0 Å². The molecule has 10 aromatic rings. The second-order valence-electron chi connectivity index (χ2n) is 18.7. The summed E-state index contributed by atoms with van der Waals surface area (Å²) in [6.45, 7) is 0.414. The second kappa shape index (κ2) is 24.4. The molecule has 1 N–H and O–H groups in total. The number of carboxylic acid groups (broad SMARTS) is 1. The number of hydrogen-bond acceptors (Lipinski definition) is 7. The first-order valence-electron chi connectivity index (χ1n) is 25.0. The van der Waals surface area contributed by atoms with Crippen molar-refractivity contribution in [2.45, 2.75) is 51.2 Å². The minimum absolute atomic E-state index is 0.0558. The van der Waals surface area contributed by atoms with Gasteiger partial charge in [-0.25, -0.2) is 9.59 Å². The number of para-hydroxylation sites is 2. The van der Waals surface area contributed by atoms with Crippen molar-refractivity contribution in [2.24, 2.45) is 0 Å². The first kappa shape index (κ1) is 54.5. The number of nitrogens with zero attached hydrogens (tertiary/aromatic N) is 2. The molecule has 0 unspecified atom stereocenters. The predicted molar refractivity (Wildman–Crippen MR) is 290 cm³/mol. The van der Waals surface area contributed by atoms with Crippen molar-refractivity contribution in [3.05, 3.63) is 284 Å². The van der Waals surface area contributed by atoms with Crippen LogP contribution in [0.4, 0.5) is 26.3 Å². The second-order valence-corrected chi connectivity index (χ2v) is 18.7. The highest BCUT2D eigenvalue weighted by atomic mass is 19.4. The number of halogens is 6. The van der Waals surface area contributed by atoms with E-state index in [1.165, 1.54) is 25.3 Å². The number of alkyl halides is 6. The van der Waals surface area contributed by atoms with E-state index in [0.717, 1.165) is 62.2 Å². The molecule has 8 aromatic carbocycles. The number of carbonyl (C=O) groups is 2. The number of fused-ring (bicyclic) bond motifs is 2. The summed E-state index contributed by atoms with van der Waals surface area (Å²) >= 11 is 0. The molecule has 0 aliphatic carbocycles. The molecule has 0 atom stereocenters. The Morgan fingerprint density at radius 2 is 0.835 bits per heavy atom. The maximum Gasteiger partial charge on any atom is 0.418 e. The summed E-state index contributed by atoms with van der Waals surface area (Å²) in [5, 5.41) is 10.2. The van der Waals surface area contributed by atoms with Crippen molar-refractivity contribution in [3.8, 4) is 11.5 Å². The number of aromatic nitrogens is 2. The lowest BCUT2D eigenvalue weighted by molar-refractivity contribution is -0.137. The normalized spacial score (nSPS) is 11.4. The molecule has 0 fully saturated rings. The van der Waals surface area contributed by atoms with Crippen LogP contribution in [0, 0.1) is 0 Å². The van der Waals surface area contributed by atoms with Crippen LogP contribution >= 0.6 is 0 Å². The summed E-state index contributed by atoms with van der Waals surface area (Å²) in [4.78, 5) is 31.6. The quantitative estimate of drug-likeness (QED) is 0.0753. The summed E-state index contributed by atoms with van der Waals surface area (Å²) in [5.41, 5.74) is 7.63. The molecule has 0 radical (unpaired) electrons. The van der Waals surface area contributed by atoms with Gasteiger partial charge in [-0.3, -0.25) is 9.97 Å². The van der Waals surface area contributed by atoms with E-state index in [2.05, 4.69) is 9.97 Å². The van der Waals surface area contributed by atoms with Crippen LogP contribution in [0.1, 0.15) is 87.5 Å². The van der Waals surface area contributed by atoms with Crippen LogP contribution in [0.5, 0.6) is 11.5 Å². The van der Waals surface area contributed by atoms with Gasteiger partial charge in [0.2, 0.25) is 0 Å². The first-order valence-corrected chi connectivity index (χ1v) is 25.0. The maximum atomic E-state index is 13.8. The Kier molecular flexibility index (Phi) is 16.8. The third-order valence-corrected chi connectivity index (χ3v) is 13.2. The van der Waals surface area contributed by atoms with Crippen LogP contribution in [0.2, 0.25) is 0 Å². The third-order valence-electron chi connectivity index (χ3n) is 13.2. The monoisotopic (exact) mass is 1070 g/mol. The molecule has 0 aliphatic heterocycles. The first-order chi connectivity index (χ1) is 38.1. The van der Waals surface area contributed by atoms with Crippen LogP contribution in [-0.2, 0) is 56.0 Å². The lowest BCUT2D eigenvalue weighted by Crippen LogP contribution is -2.08. The number of carbonyl (C=O) groups excluding carboxylic acids is 1. The Labute approximate surface area is 451 Å². The number of rotatable bonds is 16. The summed E-state index contributed by atoms with van der Waals surface area (Å²) in [6.07, 6.45) is -4.05. The molecule has 14 heteroatoms. The van der Waals surface area contributed by atoms with Gasteiger partial charge < -0.3 is 19.3 Å². The summed E-state index contributed by atoms with van der Waals surface area (Å²) in [6, 6.07) is 56.3. The highest BCUT2D eigenvalue weighted by Crippen LogP contribution is 2.38. The van der Waals surface area contributed by atoms with Crippen molar-refractivity contribution in [3.63, 3.8) is 0 Å². The number of pyridine rings is 2. The van der Waals surface area contributed by atoms with Gasteiger partial charge in [-0.1, -0.05) is 133 Å². The van der Waals surface area contributed by atoms with E-state index in [1.54, 1.807) is 67.0 Å². The third kappa shape index (κ3) is 13.8. The predicted octanol–water partition coefficient (Wildman–Crippen LogP) is 15.5. The van der Waals surface area contributed by atoms with Gasteiger partial charge in [0.05, 0.1) is 40.4 Å². The SMILES string of the molecule is COC(=O)c1cccc(COc2cccc(Cc3c(Cc4ccccc4)cnc4c(C(F)(F)F)cccc34)c2)c1.O=C(O)c1cccc(COc2cccc(Cc3c(Cc4ccccc4)cnc4c(C(F)(F)F)cccc34)c2)c1. The maximum absolute atomic E-state index is 13.8. The van der Waals surface area contributed by atoms with Crippen molar-refractivity contribution in [2.75, 3.05) is 7.11 Å². The molecule has 0 saturated carbocycles. The number of hydrogen-bond donors (Lipinski definition) is 1. The smallest absolute Gasteiger partial charge is 0.418 e. The van der Waals surface area contributed by atoms with Crippen molar-refractivity contribution < 1.29 is 55.2 Å². The van der Waals surface area contributed by atoms with E-state index < -0.39 is 35.4 Å². The summed E-state index contributed by atoms with van der Waals surface area (Å²) in [5.74, 6) is -0.246. The van der Waals surface area contributed by atoms with Crippen LogP contribution in [0.3, 0.4) is 0 Å². The molecule has 0 aliphatic rings. The van der Waals surface area contributed by atoms with Gasteiger partial charge in [-0.05, 0) is 142 Å². The Hall–Kier alpha value is -9.30. The van der Waals surface area contributed by atoms with Crippen LogP contribution in [-0.4, -0.2) is 34.1 Å². The summed E-state index contributed by atoms with van der Waals surface area (Å²) in [7, 11) is 1.33. The van der Waals surface area contributed by atoms with E-state index in [0.29, 0.717) is 59.1 Å². The number of carboxylic acids is 1. The van der Waals surface area contributed by atoms with Crippen LogP contribution in [0.25, 0.3) is 21.8 Å². The van der Waals surface area contributed by atoms with Gasteiger partial charge >= 0.3 is 24.3 Å². The molecule has 0 bridgehead atoms. The Bertz CT molecular complexity index is 3770. The minimum atomic E-state index is -4.52. The average molecular weight is 1070 g/mol. The van der Waals surface area contributed by atoms with E-state index in [1.807, 2.05) is 109 Å². The standard InChI is InChI=1S/C33H26F3NO3.C32H24F3NO3/c1-39-32(38)25-12-5-11-24(17-25)21-40-27-13-6-10-23(18-27)19-29-26(16-22-8-3-2-4-9-22)20-37-31-28(29)14-7-15-30(31)33(34,35)36;33-32(34,35)29-14-6-13-27-28(25(19-36-30(27)29)15-21-7-2-1-3-8-21)18-22-9-5-12-26(17-22)39-20-23-10-4-11-24(16-23)31(37)38/h2-15,17-18,20H,16,19,21H2,1H3;1-14,16-17,19H,15,18,20H2,(H,37,38). The number of methoxy groups -OCH3 is 1. The highest BCUT2D eigenvalue weighted by molar-refractivity contribution is 5.90. The average Bonchev–Trinajstić information content (AvgIpc) is 3.61. The Morgan fingerprint density at radius 3 is 1.27 bits per heavy atom. The zero-order valence-electron chi connectivity index (χ0n) is 42.5. The fourth-order valence-corrected chi connectivity index (χ4v) is 9.38. The number of aromatic carboxylic acids is 1. The van der Waals surface area contributed by atoms with Crippen molar-refractivity contribution >= 4 is 33.7 Å². The molecule has 79 heavy (non-hydrogen) atoms. The molecule has 2 heterocycles. The molecular formula is C65H50F6N2O6. The lowest BCUT2D eigenvalue weighted by atomic mass is 9.92. The molecule has 8 nitrogen and oxygen atoms in total. The van der Waals surface area contributed by atoms with Crippen molar-refractivity contribution in [1.82, 2.24) is 9.97 Å². The molecule has 10 rings (SSSR count). The Morgan fingerprint density at radius 1 is 0.443 bits per heavy atom. The van der Waals surface area contributed by atoms with Crippen LogP contribution < -0.4 is 9.47 Å². The van der Waals surface area contributed by atoms with Gasteiger partial charge in [0.25, 0.3) is 0 Å². The van der Waals surface area contributed by atoms with Gasteiger partial charge in [0.15, 0.2) is 0 Å². The molecular weight excluding hydrogens is 1020 g/mol. The zero-order chi connectivity index (χ0) is 55.5. The van der Waals surface area contributed by atoms with Gasteiger partial charge in [0.1, 0.15) is 24.7 Å². The lowest BCUT2D eigenvalue weighted by Gasteiger charge is -2.17. The number of esters is 1. The fraction of sp³-hybridized carbons (Fsp3) is 0.138. The van der Waals surface area contributed by atoms with E-state index >= 15 is 0 Å². The summed E-state index contributed by atoms with van der Waals surface area (Å²) < 4.78 is 99.5. The highest BCUT2D eigenvalue weighted by Gasteiger charge is 2.35. The molecule has 398 valence electrons. The zero-order valence-corrected chi connectivity index (χ0v) is 42.5. The largest absolute Gasteiger partial charge is 0.489 e. The van der Waals surface area contributed by atoms with Crippen LogP contribution in [0.15, 0.2) is 207 Å². The molecule has 0 saturated heterocycles. The van der Waals surface area contributed by atoms with Gasteiger partial charge in [-0.15, -0.1) is 0 Å². The topological polar surface area (TPSA) is 108 Å². The van der Waals surface area contributed by atoms with Gasteiger partial charge in [0, 0.05) is 23.2 Å². The van der Waals surface area contributed by atoms with Crippen molar-refractivity contribution in [1.29, 1.82) is 0 Å². The molecule has 0 amide bonds. The van der Waals surface area contributed by atoms with Gasteiger partial charge in [-0.2, -0.15) is 26.3 Å². The molecule has 2 aromatic heterocycles.